The predicted octanol–water partition coefficient (Wildman–Crippen LogP) is -1.12. The molecule has 98 valence electrons. The van der Waals surface area contributed by atoms with Gasteiger partial charge in [-0.2, -0.15) is 26.0 Å². The minimum absolute atomic E-state index is 0.423. The number of carbonyl (C=O) groups is 1. The molecule has 1 aliphatic rings. The number of nitrogens with zero attached hydrogens (tertiary/aromatic N) is 1. The lowest BCUT2D eigenvalue weighted by atomic mass is 10.3. The summed E-state index contributed by atoms with van der Waals surface area (Å²) in [6.45, 7) is -0.423. The van der Waals surface area contributed by atoms with Gasteiger partial charge in [0.15, 0.2) is 0 Å². The summed E-state index contributed by atoms with van der Waals surface area (Å²) in [5.41, 5.74) is 0. The molecule has 0 spiro atoms. The Morgan fingerprint density at radius 2 is 2.12 bits per heavy atom. The highest BCUT2D eigenvalue weighted by molar-refractivity contribution is 7.85. The Morgan fingerprint density at radius 3 is 2.53 bits per heavy atom. The number of rotatable bonds is 3. The van der Waals surface area contributed by atoms with Crippen LogP contribution in [0, 0.1) is 0 Å². The number of cyclic esters (lactones) is 1. The van der Waals surface area contributed by atoms with E-state index in [9.17, 15) is 31.5 Å². The van der Waals surface area contributed by atoms with E-state index in [-0.39, 0.29) is 0 Å². The van der Waals surface area contributed by atoms with Crippen LogP contribution >= 0.6 is 0 Å². The number of alkyl halides is 3. The predicted molar refractivity (Wildman–Crippen MR) is 42.9 cm³/mol. The van der Waals surface area contributed by atoms with Crippen molar-refractivity contribution in [2.24, 2.45) is 4.40 Å². The third-order valence-electron chi connectivity index (χ3n) is 1.52. The molecule has 1 atom stereocenters. The summed E-state index contributed by atoms with van der Waals surface area (Å²) in [7, 11) is -5.05. The van der Waals surface area contributed by atoms with Gasteiger partial charge in [-0.3, -0.25) is 4.79 Å². The van der Waals surface area contributed by atoms with Crippen LogP contribution in [0.1, 0.15) is 6.42 Å². The van der Waals surface area contributed by atoms with E-state index in [0.29, 0.717) is 0 Å². The molecule has 1 aliphatic heterocycles. The van der Waals surface area contributed by atoms with Gasteiger partial charge >= 0.3 is 22.4 Å². The van der Waals surface area contributed by atoms with Gasteiger partial charge in [0.2, 0.25) is 0 Å². The summed E-state index contributed by atoms with van der Waals surface area (Å²) in [6.07, 6.45) is -7.11. The Balaban J connectivity index is 2.73. The van der Waals surface area contributed by atoms with Gasteiger partial charge < -0.3 is 9.84 Å². The van der Waals surface area contributed by atoms with Crippen LogP contribution in [0.15, 0.2) is 4.40 Å². The monoisotopic (exact) mass is 276 g/mol. The van der Waals surface area contributed by atoms with Gasteiger partial charge in [-0.05, 0) is 0 Å². The molecule has 0 bridgehead atoms. The third kappa shape index (κ3) is 4.19. The Kier molecular flexibility index (Phi) is 3.62. The molecular formula is C6H5F3NO6S-. The summed E-state index contributed by atoms with van der Waals surface area (Å²) in [5, 5.41) is 10.3. The molecule has 0 aromatic rings. The van der Waals surface area contributed by atoms with Gasteiger partial charge in [0, 0.05) is 0 Å². The van der Waals surface area contributed by atoms with Crippen molar-refractivity contribution in [3.63, 3.8) is 0 Å². The second-order valence-electron chi connectivity index (χ2n) is 2.93. The first kappa shape index (κ1) is 13.7. The molecule has 1 saturated heterocycles. The SMILES string of the molecule is O=C1CC(OS(=O)(=O)N=C([O-])C(F)(F)F)CO1. The van der Waals surface area contributed by atoms with Gasteiger partial charge in [0.05, 0.1) is 12.3 Å². The molecule has 1 heterocycles. The minimum Gasteiger partial charge on any atom is -0.855 e. The second kappa shape index (κ2) is 4.49. The number of halogens is 3. The molecule has 11 heteroatoms. The van der Waals surface area contributed by atoms with Crippen molar-refractivity contribution in [2.75, 3.05) is 6.61 Å². The first-order valence-electron chi connectivity index (χ1n) is 4.03. The van der Waals surface area contributed by atoms with Gasteiger partial charge in [-0.25, -0.2) is 4.18 Å². The maximum atomic E-state index is 11.7. The molecule has 17 heavy (non-hydrogen) atoms. The standard InChI is InChI=1S/C6H6F3NO6S/c7-6(8,9)5(12)10-17(13,14)16-3-1-4(11)15-2-3/h3H,1-2H2,(H,10,12)/p-1. The summed E-state index contributed by atoms with van der Waals surface area (Å²) in [4.78, 5) is 10.5. The minimum atomic E-state index is -5.40. The van der Waals surface area contributed by atoms with Crippen molar-refractivity contribution < 1.29 is 40.4 Å². The van der Waals surface area contributed by atoms with Crippen LogP contribution in [0.3, 0.4) is 0 Å². The summed E-state index contributed by atoms with van der Waals surface area (Å²) in [5.74, 6) is -3.56. The zero-order valence-corrected chi connectivity index (χ0v) is 8.75. The van der Waals surface area contributed by atoms with Crippen LogP contribution in [-0.2, 0) is 24.0 Å². The zero-order chi connectivity index (χ0) is 13.3. The van der Waals surface area contributed by atoms with Gasteiger partial charge in [-0.1, -0.05) is 0 Å². The quantitative estimate of drug-likeness (QED) is 0.367. The second-order valence-corrected chi connectivity index (χ2v) is 4.16. The van der Waals surface area contributed by atoms with E-state index in [2.05, 4.69) is 8.92 Å². The molecule has 0 radical (unpaired) electrons. The molecule has 0 saturated carbocycles. The number of carbonyl (C=O) groups excluding carboxylic acids is 1. The third-order valence-corrected chi connectivity index (χ3v) is 2.42. The highest BCUT2D eigenvalue weighted by atomic mass is 32.2. The van der Waals surface area contributed by atoms with Crippen molar-refractivity contribution in [3.05, 3.63) is 0 Å². The lowest BCUT2D eigenvalue weighted by molar-refractivity contribution is -0.262. The van der Waals surface area contributed by atoms with Gasteiger partial charge in [-0.15, -0.1) is 0 Å². The first-order valence-corrected chi connectivity index (χ1v) is 5.40. The van der Waals surface area contributed by atoms with Crippen molar-refractivity contribution in [2.45, 2.75) is 18.7 Å². The largest absolute Gasteiger partial charge is 0.855 e. The van der Waals surface area contributed by atoms with Crippen molar-refractivity contribution in [1.29, 1.82) is 0 Å². The lowest BCUT2D eigenvalue weighted by Gasteiger charge is -2.14. The van der Waals surface area contributed by atoms with Crippen molar-refractivity contribution >= 4 is 22.2 Å². The molecule has 0 aromatic carbocycles. The van der Waals surface area contributed by atoms with Crippen molar-refractivity contribution in [1.82, 2.24) is 0 Å². The summed E-state index contributed by atoms with van der Waals surface area (Å²) < 4.78 is 67.2. The molecule has 0 aromatic heterocycles. The van der Waals surface area contributed by atoms with Crippen molar-refractivity contribution in [3.8, 4) is 0 Å². The fourth-order valence-corrected chi connectivity index (χ4v) is 1.72. The molecule has 0 aliphatic carbocycles. The van der Waals surface area contributed by atoms with Crippen LogP contribution in [0.25, 0.3) is 0 Å². The molecule has 1 unspecified atom stereocenters. The normalized spacial score (nSPS) is 22.6. The highest BCUT2D eigenvalue weighted by Gasteiger charge is 2.33. The molecule has 1 fully saturated rings. The maximum absolute atomic E-state index is 11.7. The van der Waals surface area contributed by atoms with Gasteiger partial charge in [0.1, 0.15) is 12.7 Å². The topological polar surface area (TPSA) is 105 Å². The lowest BCUT2D eigenvalue weighted by Crippen LogP contribution is -2.36. The molecule has 0 amide bonds. The van der Waals surface area contributed by atoms with Gasteiger partial charge in [0.25, 0.3) is 0 Å². The van der Waals surface area contributed by atoms with Crippen LogP contribution in [-0.4, -0.2) is 39.2 Å². The Labute approximate surface area is 93.1 Å². The van der Waals surface area contributed by atoms with E-state index in [1.54, 1.807) is 0 Å². The Bertz CT molecular complexity index is 441. The average Bonchev–Trinajstić information content (AvgIpc) is 2.47. The average molecular weight is 276 g/mol. The van der Waals surface area contributed by atoms with Crippen LogP contribution < -0.4 is 5.11 Å². The Hall–Kier alpha value is -1.36. The number of hydrogen-bond donors (Lipinski definition) is 0. The highest BCUT2D eigenvalue weighted by Crippen LogP contribution is 2.17. The van der Waals surface area contributed by atoms with Crippen LogP contribution in [0.4, 0.5) is 13.2 Å². The smallest absolute Gasteiger partial charge is 0.420 e. The molecule has 7 nitrogen and oxygen atoms in total. The number of ether oxygens (including phenoxy) is 1. The van der Waals surface area contributed by atoms with E-state index in [4.69, 9.17) is 0 Å². The zero-order valence-electron chi connectivity index (χ0n) is 7.93. The van der Waals surface area contributed by atoms with E-state index in [1.165, 1.54) is 0 Å². The van der Waals surface area contributed by atoms with E-state index in [1.807, 2.05) is 4.40 Å². The molecule has 1 rings (SSSR count). The molecule has 0 N–H and O–H groups in total. The summed E-state index contributed by atoms with van der Waals surface area (Å²) >= 11 is 0. The van der Waals surface area contributed by atoms with E-state index in [0.717, 1.165) is 0 Å². The van der Waals surface area contributed by atoms with Crippen LogP contribution in [0.2, 0.25) is 0 Å². The Morgan fingerprint density at radius 1 is 1.53 bits per heavy atom. The fourth-order valence-electron chi connectivity index (χ4n) is 0.898. The first-order chi connectivity index (χ1) is 7.60. The summed E-state index contributed by atoms with van der Waals surface area (Å²) in [6, 6.07) is 0. The molecular weight excluding hydrogens is 271 g/mol. The fraction of sp³-hybridized carbons (Fsp3) is 0.667. The number of esters is 1. The van der Waals surface area contributed by atoms with E-state index < -0.39 is 47.5 Å². The van der Waals surface area contributed by atoms with Crippen LogP contribution in [0.5, 0.6) is 0 Å². The van der Waals surface area contributed by atoms with E-state index >= 15 is 0 Å². The number of hydrogen-bond acceptors (Lipinski definition) is 6. The maximum Gasteiger partial charge on any atom is 0.420 e.